The molecule has 1 rings (SSSR count). The third-order valence-electron chi connectivity index (χ3n) is 3.79. The van der Waals surface area contributed by atoms with E-state index in [2.05, 4.69) is 65.2 Å². The second kappa shape index (κ2) is 6.20. The molecule has 0 aliphatic carbocycles. The van der Waals surface area contributed by atoms with Gasteiger partial charge in [-0.15, -0.1) is 0 Å². The second-order valence-electron chi connectivity index (χ2n) is 5.70. The average Bonchev–Trinajstić information content (AvgIpc) is 2.23. The van der Waals surface area contributed by atoms with Gasteiger partial charge in [-0.3, -0.25) is 0 Å². The summed E-state index contributed by atoms with van der Waals surface area (Å²) in [5.41, 5.74) is 4.19. The highest BCUT2D eigenvalue weighted by Crippen LogP contribution is 2.19. The van der Waals surface area contributed by atoms with Crippen LogP contribution in [0, 0.1) is 25.7 Å². The van der Waals surface area contributed by atoms with E-state index in [1.165, 1.54) is 16.7 Å². The zero-order valence-corrected chi connectivity index (χ0v) is 12.2. The molecule has 0 spiro atoms. The van der Waals surface area contributed by atoms with E-state index < -0.39 is 0 Å². The zero-order chi connectivity index (χ0) is 13.0. The van der Waals surface area contributed by atoms with Crippen molar-refractivity contribution in [1.82, 2.24) is 5.32 Å². The monoisotopic (exact) mass is 233 g/mol. The van der Waals surface area contributed by atoms with Gasteiger partial charge in [0.1, 0.15) is 0 Å². The first-order valence-electron chi connectivity index (χ1n) is 6.68. The molecule has 2 atom stereocenters. The van der Waals surface area contributed by atoms with Gasteiger partial charge in [0.05, 0.1) is 0 Å². The number of hydrogen-bond donors (Lipinski definition) is 1. The Balaban J connectivity index is 2.80. The van der Waals surface area contributed by atoms with E-state index in [-0.39, 0.29) is 0 Å². The summed E-state index contributed by atoms with van der Waals surface area (Å²) in [6, 6.07) is 7.43. The largest absolute Gasteiger partial charge is 0.316 e. The summed E-state index contributed by atoms with van der Waals surface area (Å²) in [6.07, 6.45) is 1.12. The van der Waals surface area contributed by atoms with E-state index in [9.17, 15) is 0 Å². The normalized spacial score (nSPS) is 15.0. The first-order chi connectivity index (χ1) is 7.93. The van der Waals surface area contributed by atoms with Crippen LogP contribution in [0.25, 0.3) is 0 Å². The molecule has 0 amide bonds. The van der Waals surface area contributed by atoms with Crippen molar-refractivity contribution >= 4 is 0 Å². The Labute approximate surface area is 107 Å². The van der Waals surface area contributed by atoms with Crippen molar-refractivity contribution in [2.75, 3.05) is 7.05 Å². The summed E-state index contributed by atoms with van der Waals surface area (Å²) in [4.78, 5) is 0. The van der Waals surface area contributed by atoms with E-state index in [0.29, 0.717) is 12.0 Å². The lowest BCUT2D eigenvalue weighted by Gasteiger charge is -2.27. The molecule has 0 radical (unpaired) electrons. The number of nitrogens with one attached hydrogen (secondary N) is 1. The van der Waals surface area contributed by atoms with Gasteiger partial charge in [0.25, 0.3) is 0 Å². The summed E-state index contributed by atoms with van der Waals surface area (Å²) in [5, 5.41) is 3.47. The molecule has 1 heteroatoms. The van der Waals surface area contributed by atoms with E-state index >= 15 is 0 Å². The van der Waals surface area contributed by atoms with Gasteiger partial charge < -0.3 is 5.32 Å². The van der Waals surface area contributed by atoms with Crippen molar-refractivity contribution < 1.29 is 0 Å². The number of rotatable bonds is 5. The fourth-order valence-corrected chi connectivity index (χ4v) is 2.46. The number of benzene rings is 1. The smallest absolute Gasteiger partial charge is 0.0132 e. The predicted octanol–water partition coefficient (Wildman–Crippen LogP) is 3.73. The maximum absolute atomic E-state index is 3.47. The molecule has 1 N–H and O–H groups in total. The number of aryl methyl sites for hydroxylation is 2. The van der Waals surface area contributed by atoms with Crippen molar-refractivity contribution in [2.45, 2.75) is 47.1 Å². The molecule has 0 saturated heterocycles. The summed E-state index contributed by atoms with van der Waals surface area (Å²) < 4.78 is 0. The topological polar surface area (TPSA) is 12.0 Å². The summed E-state index contributed by atoms with van der Waals surface area (Å²) in [5.74, 6) is 1.42. The zero-order valence-electron chi connectivity index (χ0n) is 12.2. The van der Waals surface area contributed by atoms with Gasteiger partial charge >= 0.3 is 0 Å². The summed E-state index contributed by atoms with van der Waals surface area (Å²) in [7, 11) is 2.08. The van der Waals surface area contributed by atoms with Crippen molar-refractivity contribution in [3.8, 4) is 0 Å². The van der Waals surface area contributed by atoms with Crippen molar-refractivity contribution in [2.24, 2.45) is 11.8 Å². The number of likely N-dealkylation sites (N-methyl/N-ethyl adjacent to an activating group) is 1. The molecule has 0 aliphatic rings. The van der Waals surface area contributed by atoms with E-state index in [1.54, 1.807) is 0 Å². The SMILES string of the molecule is CNC(Cc1cc(C)cc(C)c1)C(C)C(C)C. The molecule has 0 heterocycles. The quantitative estimate of drug-likeness (QED) is 0.817. The van der Waals surface area contributed by atoms with Gasteiger partial charge in [-0.25, -0.2) is 0 Å². The number of hydrogen-bond acceptors (Lipinski definition) is 1. The summed E-state index contributed by atoms with van der Waals surface area (Å²) >= 11 is 0. The minimum absolute atomic E-state index is 0.566. The molecule has 2 unspecified atom stereocenters. The van der Waals surface area contributed by atoms with E-state index in [1.807, 2.05) is 0 Å². The second-order valence-corrected chi connectivity index (χ2v) is 5.70. The lowest BCUT2D eigenvalue weighted by Crippen LogP contribution is -2.36. The molecule has 1 aromatic carbocycles. The van der Waals surface area contributed by atoms with Crippen LogP contribution in [0.3, 0.4) is 0 Å². The molecule has 1 nitrogen and oxygen atoms in total. The third-order valence-corrected chi connectivity index (χ3v) is 3.79. The van der Waals surface area contributed by atoms with Gasteiger partial charge in [0, 0.05) is 6.04 Å². The molecule has 0 fully saturated rings. The van der Waals surface area contributed by atoms with Gasteiger partial charge in [0.2, 0.25) is 0 Å². The Bertz CT molecular complexity index is 334. The first kappa shape index (κ1) is 14.2. The lowest BCUT2D eigenvalue weighted by molar-refractivity contribution is 0.310. The molecule has 1 aromatic rings. The lowest BCUT2D eigenvalue weighted by atomic mass is 9.86. The summed E-state index contributed by atoms with van der Waals surface area (Å²) in [6.45, 7) is 11.3. The average molecular weight is 233 g/mol. The van der Waals surface area contributed by atoms with Crippen LogP contribution in [0.15, 0.2) is 18.2 Å². The van der Waals surface area contributed by atoms with Crippen LogP contribution in [0.5, 0.6) is 0 Å². The van der Waals surface area contributed by atoms with Crippen LogP contribution in [-0.4, -0.2) is 13.1 Å². The van der Waals surface area contributed by atoms with Crippen LogP contribution in [-0.2, 0) is 6.42 Å². The highest BCUT2D eigenvalue weighted by molar-refractivity contribution is 5.29. The van der Waals surface area contributed by atoms with Crippen LogP contribution >= 0.6 is 0 Å². The van der Waals surface area contributed by atoms with Crippen molar-refractivity contribution in [3.63, 3.8) is 0 Å². The Morgan fingerprint density at radius 3 is 1.94 bits per heavy atom. The fourth-order valence-electron chi connectivity index (χ4n) is 2.46. The highest BCUT2D eigenvalue weighted by atomic mass is 14.9. The fraction of sp³-hybridized carbons (Fsp3) is 0.625. The predicted molar refractivity (Wildman–Crippen MR) is 76.5 cm³/mol. The maximum atomic E-state index is 3.47. The van der Waals surface area contributed by atoms with Crippen LogP contribution in [0.2, 0.25) is 0 Å². The van der Waals surface area contributed by atoms with E-state index in [4.69, 9.17) is 0 Å². The van der Waals surface area contributed by atoms with Gasteiger partial charge in [-0.05, 0) is 44.7 Å². The van der Waals surface area contributed by atoms with Gasteiger partial charge in [0.15, 0.2) is 0 Å². The third kappa shape index (κ3) is 4.16. The van der Waals surface area contributed by atoms with Gasteiger partial charge in [-0.1, -0.05) is 50.1 Å². The van der Waals surface area contributed by atoms with Gasteiger partial charge in [-0.2, -0.15) is 0 Å². The Kier molecular flexibility index (Phi) is 5.20. The highest BCUT2D eigenvalue weighted by Gasteiger charge is 2.18. The van der Waals surface area contributed by atoms with Crippen LogP contribution in [0.1, 0.15) is 37.5 Å². The molecular weight excluding hydrogens is 206 g/mol. The van der Waals surface area contributed by atoms with Crippen molar-refractivity contribution in [3.05, 3.63) is 34.9 Å². The Hall–Kier alpha value is -0.820. The van der Waals surface area contributed by atoms with Crippen LogP contribution < -0.4 is 5.32 Å². The standard InChI is InChI=1S/C16H27N/c1-11(2)14(5)16(17-6)10-15-8-12(3)7-13(4)9-15/h7-9,11,14,16-17H,10H2,1-6H3. The first-order valence-corrected chi connectivity index (χ1v) is 6.68. The molecular formula is C16H27N. The molecule has 96 valence electrons. The molecule has 0 aromatic heterocycles. The van der Waals surface area contributed by atoms with Crippen molar-refractivity contribution in [1.29, 1.82) is 0 Å². The molecule has 0 bridgehead atoms. The minimum Gasteiger partial charge on any atom is -0.316 e. The maximum Gasteiger partial charge on any atom is 0.0132 e. The van der Waals surface area contributed by atoms with Crippen LogP contribution in [0.4, 0.5) is 0 Å². The molecule has 0 saturated carbocycles. The molecule has 0 aliphatic heterocycles. The molecule has 17 heavy (non-hydrogen) atoms. The minimum atomic E-state index is 0.566. The Morgan fingerprint density at radius 1 is 1.00 bits per heavy atom. The van der Waals surface area contributed by atoms with E-state index in [0.717, 1.165) is 12.3 Å². The Morgan fingerprint density at radius 2 is 1.53 bits per heavy atom.